The number of halogens is 1. The summed E-state index contributed by atoms with van der Waals surface area (Å²) in [6, 6.07) is 1.58. The van der Waals surface area contributed by atoms with Gasteiger partial charge in [0.05, 0.1) is 35.6 Å². The fraction of sp³-hybridized carbons (Fsp3) is 0.680. The molecule has 0 spiro atoms. The van der Waals surface area contributed by atoms with Crippen molar-refractivity contribution in [1.82, 2.24) is 15.1 Å². The van der Waals surface area contributed by atoms with Gasteiger partial charge in [0, 0.05) is 51.3 Å². The first-order valence-corrected chi connectivity index (χ1v) is 12.8. The molecule has 3 heterocycles. The first-order valence-electron chi connectivity index (χ1n) is 12.4. The average molecular weight is 509 g/mol. The Hall–Kier alpha value is -2.23. The SMILES string of the molecule is CC(C)(C)OC(=O)N1CCC(CN2CCO[C@H](CNC(=O)c3cc(Cl)c(N)c4c3OCC4)C2)CC1. The summed E-state index contributed by atoms with van der Waals surface area (Å²) in [6.45, 7) is 11.2. The minimum atomic E-state index is -0.473. The molecule has 1 aromatic rings. The highest BCUT2D eigenvalue weighted by Gasteiger charge is 2.30. The first-order chi connectivity index (χ1) is 16.6. The standard InChI is InChI=1S/C25H37ClN4O5/c1-25(2,3)35-24(32)30-7-4-16(5-8-30)14-29-9-11-33-17(15-29)13-28-23(31)19-12-20(26)21(27)18-6-10-34-22(18)19/h12,16-17H,4-11,13-15,27H2,1-3H3,(H,28,31)/t17-/m1/s1. The number of amides is 2. The van der Waals surface area contributed by atoms with Crippen LogP contribution >= 0.6 is 11.6 Å². The number of nitrogens with one attached hydrogen (secondary N) is 1. The number of fused-ring (bicyclic) bond motifs is 1. The smallest absolute Gasteiger partial charge is 0.410 e. The second-order valence-electron chi connectivity index (χ2n) is 10.6. The topological polar surface area (TPSA) is 106 Å². The van der Waals surface area contributed by atoms with Gasteiger partial charge < -0.3 is 30.2 Å². The number of nitrogens with zero attached hydrogens (tertiary/aromatic N) is 2. The molecule has 10 heteroatoms. The molecule has 2 amide bonds. The number of anilines is 1. The first kappa shape index (κ1) is 25.9. The third-order valence-electron chi connectivity index (χ3n) is 6.71. The number of piperidine rings is 1. The highest BCUT2D eigenvalue weighted by molar-refractivity contribution is 6.33. The van der Waals surface area contributed by atoms with E-state index in [4.69, 9.17) is 31.5 Å². The number of carbonyl (C=O) groups excluding carboxylic acids is 2. The molecule has 3 N–H and O–H groups in total. The summed E-state index contributed by atoms with van der Waals surface area (Å²) in [5.41, 5.74) is 7.27. The van der Waals surface area contributed by atoms with Gasteiger partial charge >= 0.3 is 6.09 Å². The van der Waals surface area contributed by atoms with Crippen molar-refractivity contribution in [3.63, 3.8) is 0 Å². The number of carbonyl (C=O) groups is 2. The van der Waals surface area contributed by atoms with E-state index in [-0.39, 0.29) is 18.1 Å². The fourth-order valence-corrected chi connectivity index (χ4v) is 5.12. The molecule has 9 nitrogen and oxygen atoms in total. The van der Waals surface area contributed by atoms with Crippen molar-refractivity contribution in [2.75, 3.05) is 58.2 Å². The number of ether oxygens (including phenoxy) is 3. The lowest BCUT2D eigenvalue weighted by Crippen LogP contribution is -2.50. The summed E-state index contributed by atoms with van der Waals surface area (Å²) in [5, 5.41) is 3.35. The van der Waals surface area contributed by atoms with Gasteiger partial charge in [-0.3, -0.25) is 9.69 Å². The van der Waals surface area contributed by atoms with Gasteiger partial charge in [-0.05, 0) is 45.6 Å². The average Bonchev–Trinajstić information content (AvgIpc) is 3.30. The van der Waals surface area contributed by atoms with Gasteiger partial charge in [0.15, 0.2) is 0 Å². The molecule has 0 unspecified atom stereocenters. The van der Waals surface area contributed by atoms with Crippen LogP contribution in [0.3, 0.4) is 0 Å². The van der Waals surface area contributed by atoms with Crippen molar-refractivity contribution in [2.45, 2.75) is 51.7 Å². The molecule has 0 aliphatic carbocycles. The zero-order valence-electron chi connectivity index (χ0n) is 20.9. The van der Waals surface area contributed by atoms with Gasteiger partial charge in [-0.1, -0.05) is 11.6 Å². The Balaban J connectivity index is 1.23. The second kappa shape index (κ2) is 10.8. The largest absolute Gasteiger partial charge is 0.492 e. The summed E-state index contributed by atoms with van der Waals surface area (Å²) in [4.78, 5) is 29.4. The third-order valence-corrected chi connectivity index (χ3v) is 7.02. The molecule has 3 aliphatic rings. The number of hydrogen-bond donors (Lipinski definition) is 2. The Morgan fingerprint density at radius 1 is 1.23 bits per heavy atom. The zero-order chi connectivity index (χ0) is 25.2. The van der Waals surface area contributed by atoms with E-state index >= 15 is 0 Å². The number of benzene rings is 1. The number of likely N-dealkylation sites (tertiary alicyclic amines) is 1. The van der Waals surface area contributed by atoms with E-state index < -0.39 is 5.60 Å². The molecule has 35 heavy (non-hydrogen) atoms. The van der Waals surface area contributed by atoms with Crippen molar-refractivity contribution < 1.29 is 23.8 Å². The predicted octanol–water partition coefficient (Wildman–Crippen LogP) is 2.93. The van der Waals surface area contributed by atoms with Gasteiger partial charge in [0.1, 0.15) is 11.4 Å². The van der Waals surface area contributed by atoms with Crippen LogP contribution in [0.25, 0.3) is 0 Å². The van der Waals surface area contributed by atoms with E-state index in [9.17, 15) is 9.59 Å². The maximum atomic E-state index is 12.9. The van der Waals surface area contributed by atoms with Crippen LogP contribution in [0.5, 0.6) is 5.75 Å². The molecule has 0 aromatic heterocycles. The maximum absolute atomic E-state index is 12.9. The van der Waals surface area contributed by atoms with Crippen LogP contribution in [0.4, 0.5) is 10.5 Å². The van der Waals surface area contributed by atoms with Gasteiger partial charge in [-0.25, -0.2) is 4.79 Å². The van der Waals surface area contributed by atoms with Crippen molar-refractivity contribution in [1.29, 1.82) is 0 Å². The second-order valence-corrected chi connectivity index (χ2v) is 11.0. The third kappa shape index (κ3) is 6.51. The Morgan fingerprint density at radius 3 is 2.69 bits per heavy atom. The van der Waals surface area contributed by atoms with Crippen molar-refractivity contribution in [3.05, 3.63) is 22.2 Å². The Labute approximate surface area is 212 Å². The molecule has 194 valence electrons. The fourth-order valence-electron chi connectivity index (χ4n) is 4.90. The summed E-state index contributed by atoms with van der Waals surface area (Å²) < 4.78 is 17.1. The van der Waals surface area contributed by atoms with Crippen LogP contribution < -0.4 is 15.8 Å². The van der Waals surface area contributed by atoms with Crippen LogP contribution in [0.15, 0.2) is 6.07 Å². The van der Waals surface area contributed by atoms with E-state index in [1.54, 1.807) is 6.07 Å². The zero-order valence-corrected chi connectivity index (χ0v) is 21.7. The van der Waals surface area contributed by atoms with Crippen molar-refractivity contribution in [3.8, 4) is 5.75 Å². The Kier molecular flexibility index (Phi) is 7.98. The summed E-state index contributed by atoms with van der Waals surface area (Å²) >= 11 is 6.24. The van der Waals surface area contributed by atoms with Gasteiger partial charge in [-0.2, -0.15) is 0 Å². The van der Waals surface area contributed by atoms with Gasteiger partial charge in [-0.15, -0.1) is 0 Å². The molecule has 0 saturated carbocycles. The quantitative estimate of drug-likeness (QED) is 0.589. The molecule has 3 aliphatic heterocycles. The van der Waals surface area contributed by atoms with Crippen molar-refractivity contribution in [2.24, 2.45) is 5.92 Å². The minimum absolute atomic E-state index is 0.0900. The lowest BCUT2D eigenvalue weighted by atomic mass is 9.96. The van der Waals surface area contributed by atoms with Crippen LogP contribution in [0.2, 0.25) is 5.02 Å². The molecule has 2 fully saturated rings. The number of morpholine rings is 1. The number of nitrogen functional groups attached to an aromatic ring is 1. The van der Waals surface area contributed by atoms with Gasteiger partial charge in [0.2, 0.25) is 0 Å². The molecule has 0 bridgehead atoms. The lowest BCUT2D eigenvalue weighted by Gasteiger charge is -2.38. The molecular formula is C25H37ClN4O5. The summed E-state index contributed by atoms with van der Waals surface area (Å²) in [6.07, 6.45) is 2.26. The van der Waals surface area contributed by atoms with Crippen molar-refractivity contribution >= 4 is 29.3 Å². The minimum Gasteiger partial charge on any atom is -0.492 e. The molecule has 1 aromatic carbocycles. The number of rotatable bonds is 5. The molecular weight excluding hydrogens is 472 g/mol. The molecule has 0 radical (unpaired) electrons. The van der Waals surface area contributed by atoms with Crippen LogP contribution in [-0.4, -0.2) is 86.0 Å². The molecule has 2 saturated heterocycles. The number of hydrogen-bond acceptors (Lipinski definition) is 7. The lowest BCUT2D eigenvalue weighted by molar-refractivity contribution is -0.0342. The maximum Gasteiger partial charge on any atom is 0.410 e. The van der Waals surface area contributed by atoms with Gasteiger partial charge in [0.25, 0.3) is 5.91 Å². The van der Waals surface area contributed by atoms with E-state index in [1.807, 2.05) is 25.7 Å². The van der Waals surface area contributed by atoms with Crippen LogP contribution in [0, 0.1) is 5.92 Å². The Morgan fingerprint density at radius 2 is 1.97 bits per heavy atom. The number of nitrogens with two attached hydrogens (primary N) is 1. The Bertz CT molecular complexity index is 943. The highest BCUT2D eigenvalue weighted by Crippen LogP contribution is 2.38. The summed E-state index contributed by atoms with van der Waals surface area (Å²) in [7, 11) is 0. The molecule has 4 rings (SSSR count). The summed E-state index contributed by atoms with van der Waals surface area (Å²) in [5.74, 6) is 0.826. The van der Waals surface area contributed by atoms with Crippen LogP contribution in [-0.2, 0) is 15.9 Å². The van der Waals surface area contributed by atoms with E-state index in [2.05, 4.69) is 10.2 Å². The monoisotopic (exact) mass is 508 g/mol. The van der Waals surface area contributed by atoms with E-state index in [0.29, 0.717) is 54.1 Å². The van der Waals surface area contributed by atoms with Crippen LogP contribution in [0.1, 0.15) is 49.5 Å². The highest BCUT2D eigenvalue weighted by atomic mass is 35.5. The van der Waals surface area contributed by atoms with E-state index in [0.717, 1.165) is 51.1 Å². The normalized spacial score (nSPS) is 21.4. The van der Waals surface area contributed by atoms with E-state index in [1.165, 1.54) is 0 Å². The molecule has 1 atom stereocenters. The predicted molar refractivity (Wildman–Crippen MR) is 134 cm³/mol.